The molecule has 0 bridgehead atoms. The van der Waals surface area contributed by atoms with Crippen LogP contribution >= 0.6 is 15.9 Å². The van der Waals surface area contributed by atoms with Gasteiger partial charge in [0, 0.05) is 24.0 Å². The van der Waals surface area contributed by atoms with Crippen LogP contribution in [0.4, 0.5) is 8.78 Å². The van der Waals surface area contributed by atoms with Gasteiger partial charge in [-0.2, -0.15) is 5.10 Å². The van der Waals surface area contributed by atoms with Gasteiger partial charge in [0.15, 0.2) is 0 Å². The first-order chi connectivity index (χ1) is 6.65. The molecule has 1 aromatic heterocycles. The summed E-state index contributed by atoms with van der Waals surface area (Å²) in [5.41, 5.74) is 0.509. The summed E-state index contributed by atoms with van der Waals surface area (Å²) in [6.07, 6.45) is 1.40. The maximum atomic E-state index is 13.6. The van der Waals surface area contributed by atoms with E-state index in [2.05, 4.69) is 21.0 Å². The molecule has 0 saturated carbocycles. The van der Waals surface area contributed by atoms with Crippen LogP contribution in [-0.4, -0.2) is 9.78 Å². The molecule has 0 unspecified atom stereocenters. The van der Waals surface area contributed by atoms with Gasteiger partial charge < -0.3 is 0 Å². The van der Waals surface area contributed by atoms with Gasteiger partial charge in [-0.05, 0) is 0 Å². The summed E-state index contributed by atoms with van der Waals surface area (Å²) in [6, 6.07) is 1.29. The predicted molar refractivity (Wildman–Crippen MR) is 53.3 cm³/mol. The molecule has 14 heavy (non-hydrogen) atoms. The molecular weight excluding hydrogens is 254 g/mol. The van der Waals surface area contributed by atoms with E-state index in [4.69, 9.17) is 0 Å². The van der Waals surface area contributed by atoms with E-state index in [1.54, 1.807) is 7.05 Å². The summed E-state index contributed by atoms with van der Waals surface area (Å²) in [7, 11) is 1.65. The SMILES string of the molecule is Cn1ncc2c(F)c(CBr)c(F)cc21. The highest BCUT2D eigenvalue weighted by Gasteiger charge is 2.14. The van der Waals surface area contributed by atoms with Crippen LogP contribution in [0.15, 0.2) is 12.3 Å². The number of halogens is 3. The normalized spacial score (nSPS) is 11.1. The van der Waals surface area contributed by atoms with E-state index in [1.807, 2.05) is 0 Å². The number of rotatable bonds is 1. The molecule has 2 nitrogen and oxygen atoms in total. The third-order valence-electron chi connectivity index (χ3n) is 2.17. The zero-order valence-corrected chi connectivity index (χ0v) is 8.98. The highest BCUT2D eigenvalue weighted by molar-refractivity contribution is 9.08. The lowest BCUT2D eigenvalue weighted by Crippen LogP contribution is -1.95. The Hall–Kier alpha value is -0.970. The van der Waals surface area contributed by atoms with Gasteiger partial charge in [-0.25, -0.2) is 8.78 Å². The number of aryl methyl sites for hydroxylation is 1. The van der Waals surface area contributed by atoms with E-state index < -0.39 is 11.6 Å². The number of benzene rings is 1. The molecule has 1 heterocycles. The van der Waals surface area contributed by atoms with Crippen LogP contribution in [0.1, 0.15) is 5.56 Å². The number of nitrogens with zero attached hydrogens (tertiary/aromatic N) is 2. The first-order valence-corrected chi connectivity index (χ1v) is 5.12. The molecule has 0 aliphatic heterocycles. The molecule has 2 aromatic rings. The Balaban J connectivity index is 2.87. The number of aromatic nitrogens is 2. The van der Waals surface area contributed by atoms with Crippen LogP contribution in [0.25, 0.3) is 10.9 Å². The quantitative estimate of drug-likeness (QED) is 0.722. The third kappa shape index (κ3) is 1.23. The highest BCUT2D eigenvalue weighted by Crippen LogP contribution is 2.24. The Labute approximate surface area is 87.6 Å². The fourth-order valence-corrected chi connectivity index (χ4v) is 1.90. The Morgan fingerprint density at radius 1 is 1.50 bits per heavy atom. The van der Waals surface area contributed by atoms with Crippen molar-refractivity contribution in [3.8, 4) is 0 Å². The molecule has 0 N–H and O–H groups in total. The average molecular weight is 261 g/mol. The molecule has 0 atom stereocenters. The van der Waals surface area contributed by atoms with E-state index in [-0.39, 0.29) is 10.9 Å². The second-order valence-electron chi connectivity index (χ2n) is 2.99. The van der Waals surface area contributed by atoms with Crippen LogP contribution < -0.4 is 0 Å². The van der Waals surface area contributed by atoms with Crippen LogP contribution in [0.3, 0.4) is 0 Å². The number of hydrogen-bond donors (Lipinski definition) is 0. The first kappa shape index (κ1) is 9.58. The fourth-order valence-electron chi connectivity index (χ4n) is 1.38. The van der Waals surface area contributed by atoms with Crippen LogP contribution in [0.2, 0.25) is 0 Å². The molecule has 1 aromatic carbocycles. The van der Waals surface area contributed by atoms with E-state index in [1.165, 1.54) is 16.9 Å². The van der Waals surface area contributed by atoms with Crippen LogP contribution in [-0.2, 0) is 12.4 Å². The summed E-state index contributed by atoms with van der Waals surface area (Å²) in [4.78, 5) is 0. The molecule has 0 fully saturated rings. The molecule has 0 aliphatic rings. The summed E-state index contributed by atoms with van der Waals surface area (Å²) < 4.78 is 28.4. The van der Waals surface area contributed by atoms with Crippen molar-refractivity contribution in [1.29, 1.82) is 0 Å². The number of hydrogen-bond acceptors (Lipinski definition) is 1. The van der Waals surface area contributed by atoms with Gasteiger partial charge in [0.25, 0.3) is 0 Å². The van der Waals surface area contributed by atoms with Crippen LogP contribution in [0, 0.1) is 11.6 Å². The van der Waals surface area contributed by atoms with E-state index >= 15 is 0 Å². The minimum atomic E-state index is -0.546. The molecule has 0 amide bonds. The minimum absolute atomic E-state index is 0.0468. The predicted octanol–water partition coefficient (Wildman–Crippen LogP) is 2.75. The van der Waals surface area contributed by atoms with Gasteiger partial charge in [0.1, 0.15) is 11.6 Å². The lowest BCUT2D eigenvalue weighted by Gasteiger charge is -2.02. The van der Waals surface area contributed by atoms with E-state index in [0.717, 1.165) is 0 Å². The van der Waals surface area contributed by atoms with Crippen molar-refractivity contribution in [2.24, 2.45) is 7.05 Å². The standard InChI is InChI=1S/C9H7BrF2N2/c1-14-8-2-7(11)5(3-10)9(12)6(8)4-13-14/h2,4H,3H2,1H3. The zero-order chi connectivity index (χ0) is 10.3. The monoisotopic (exact) mass is 260 g/mol. The Morgan fingerprint density at radius 2 is 2.21 bits per heavy atom. The molecule has 0 saturated heterocycles. The van der Waals surface area contributed by atoms with E-state index in [0.29, 0.717) is 10.9 Å². The molecular formula is C9H7BrF2N2. The summed E-state index contributed by atoms with van der Waals surface area (Å²) in [5.74, 6) is -1.08. The lowest BCUT2D eigenvalue weighted by atomic mass is 10.1. The molecule has 5 heteroatoms. The van der Waals surface area contributed by atoms with E-state index in [9.17, 15) is 8.78 Å². The number of alkyl halides is 1. The van der Waals surface area contributed by atoms with Crippen LogP contribution in [0.5, 0.6) is 0 Å². The molecule has 0 aliphatic carbocycles. The molecule has 74 valence electrons. The summed E-state index contributed by atoms with van der Waals surface area (Å²) in [6.45, 7) is 0. The third-order valence-corrected chi connectivity index (χ3v) is 2.73. The van der Waals surface area contributed by atoms with Gasteiger partial charge in [0.2, 0.25) is 0 Å². The second-order valence-corrected chi connectivity index (χ2v) is 3.55. The average Bonchev–Trinajstić information content (AvgIpc) is 2.49. The van der Waals surface area contributed by atoms with Gasteiger partial charge in [-0.1, -0.05) is 15.9 Å². The van der Waals surface area contributed by atoms with Crippen molar-refractivity contribution in [2.45, 2.75) is 5.33 Å². The Morgan fingerprint density at radius 3 is 2.86 bits per heavy atom. The van der Waals surface area contributed by atoms with Crippen molar-refractivity contribution in [3.63, 3.8) is 0 Å². The lowest BCUT2D eigenvalue weighted by molar-refractivity contribution is 0.575. The van der Waals surface area contributed by atoms with Gasteiger partial charge in [-0.3, -0.25) is 4.68 Å². The van der Waals surface area contributed by atoms with Gasteiger partial charge in [-0.15, -0.1) is 0 Å². The Bertz CT molecular complexity index is 493. The highest BCUT2D eigenvalue weighted by atomic mass is 79.9. The van der Waals surface area contributed by atoms with Crippen molar-refractivity contribution >= 4 is 26.8 Å². The van der Waals surface area contributed by atoms with Crippen molar-refractivity contribution in [2.75, 3.05) is 0 Å². The Kier molecular flexibility index (Phi) is 2.26. The largest absolute Gasteiger partial charge is 0.268 e. The molecule has 0 radical (unpaired) electrons. The smallest absolute Gasteiger partial charge is 0.141 e. The fraction of sp³-hybridized carbons (Fsp3) is 0.222. The number of fused-ring (bicyclic) bond motifs is 1. The van der Waals surface area contributed by atoms with Crippen molar-refractivity contribution in [3.05, 3.63) is 29.5 Å². The van der Waals surface area contributed by atoms with Gasteiger partial charge >= 0.3 is 0 Å². The van der Waals surface area contributed by atoms with Crippen molar-refractivity contribution < 1.29 is 8.78 Å². The molecule has 0 spiro atoms. The molecule has 2 rings (SSSR count). The van der Waals surface area contributed by atoms with Gasteiger partial charge in [0.05, 0.1) is 17.1 Å². The van der Waals surface area contributed by atoms with Crippen molar-refractivity contribution in [1.82, 2.24) is 9.78 Å². The summed E-state index contributed by atoms with van der Waals surface area (Å²) >= 11 is 3.04. The zero-order valence-electron chi connectivity index (χ0n) is 7.39. The second kappa shape index (κ2) is 3.31. The maximum absolute atomic E-state index is 13.6. The minimum Gasteiger partial charge on any atom is -0.268 e. The maximum Gasteiger partial charge on any atom is 0.141 e. The summed E-state index contributed by atoms with van der Waals surface area (Å²) in [5, 5.41) is 4.38. The topological polar surface area (TPSA) is 17.8 Å². The first-order valence-electron chi connectivity index (χ1n) is 3.99.